The largest absolute Gasteiger partial charge is 0.385 e. The second kappa shape index (κ2) is 4.37. The topological polar surface area (TPSA) is 50.2 Å². The van der Waals surface area contributed by atoms with E-state index in [0.717, 1.165) is 29.3 Å². The average Bonchev–Trinajstić information content (AvgIpc) is 2.70. The van der Waals surface area contributed by atoms with Gasteiger partial charge in [-0.25, -0.2) is 0 Å². The van der Waals surface area contributed by atoms with Gasteiger partial charge < -0.3 is 5.11 Å². The minimum absolute atomic E-state index is 0.158. The van der Waals surface area contributed by atoms with Crippen molar-refractivity contribution in [1.29, 1.82) is 0 Å². The first-order valence-corrected chi connectivity index (χ1v) is 8.40. The summed E-state index contributed by atoms with van der Waals surface area (Å²) in [6.07, 6.45) is 4.98. The van der Waals surface area contributed by atoms with Crippen LogP contribution >= 0.6 is 0 Å². The van der Waals surface area contributed by atoms with Crippen LogP contribution < -0.4 is 0 Å². The first kappa shape index (κ1) is 12.5. The van der Waals surface area contributed by atoms with Crippen LogP contribution in [-0.4, -0.2) is 24.8 Å². The van der Waals surface area contributed by atoms with Gasteiger partial charge >= 0.3 is 0 Å². The fourth-order valence-corrected chi connectivity index (χ4v) is 5.80. The molecule has 2 unspecified atom stereocenters. The normalized spacial score (nSPS) is 36.4. The molecule has 0 spiro atoms. The third-order valence-corrected chi connectivity index (χ3v) is 6.85. The molecule has 20 heavy (non-hydrogen) atoms. The fourth-order valence-electron chi connectivity index (χ4n) is 3.64. The molecule has 4 heteroatoms. The number of benzene rings is 1. The van der Waals surface area contributed by atoms with E-state index >= 15 is 0 Å². The van der Waals surface area contributed by atoms with E-state index in [0.29, 0.717) is 12.8 Å². The second-order valence-corrected chi connectivity index (χ2v) is 8.00. The van der Waals surface area contributed by atoms with Gasteiger partial charge in [0, 0.05) is 38.4 Å². The van der Waals surface area contributed by atoms with Gasteiger partial charge in [0.25, 0.3) is 0 Å². The minimum Gasteiger partial charge on any atom is -0.385 e. The van der Waals surface area contributed by atoms with E-state index in [4.69, 9.17) is 0 Å². The lowest BCUT2D eigenvalue weighted by molar-refractivity contribution is 0.0183. The Bertz CT molecular complexity index is 684. The average molecular weight is 287 g/mol. The van der Waals surface area contributed by atoms with E-state index in [-0.39, 0.29) is 10.5 Å². The minimum atomic E-state index is -0.850. The lowest BCUT2D eigenvalue weighted by atomic mass is 9.86. The Morgan fingerprint density at radius 1 is 1.20 bits per heavy atom. The van der Waals surface area contributed by atoms with Gasteiger partial charge in [-0.05, 0) is 37.8 Å². The summed E-state index contributed by atoms with van der Waals surface area (Å²) in [5.74, 6) is 0. The van der Waals surface area contributed by atoms with Crippen molar-refractivity contribution in [3.05, 3.63) is 42.1 Å². The van der Waals surface area contributed by atoms with E-state index in [1.54, 1.807) is 6.20 Å². The summed E-state index contributed by atoms with van der Waals surface area (Å²) in [7, 11) is -0.747. The van der Waals surface area contributed by atoms with Crippen LogP contribution in [0.15, 0.2) is 36.5 Å². The number of para-hydroxylation sites is 1. The smallest absolute Gasteiger partial charge is 0.0934 e. The molecule has 3 heterocycles. The maximum atomic E-state index is 12.1. The van der Waals surface area contributed by atoms with E-state index in [1.807, 2.05) is 30.3 Å². The van der Waals surface area contributed by atoms with Crippen molar-refractivity contribution in [1.82, 2.24) is 4.98 Å². The maximum Gasteiger partial charge on any atom is 0.0934 e. The molecule has 2 aliphatic rings. The molecule has 3 nitrogen and oxygen atoms in total. The summed E-state index contributed by atoms with van der Waals surface area (Å²) < 4.78 is 12.1. The molecule has 0 saturated carbocycles. The van der Waals surface area contributed by atoms with Crippen molar-refractivity contribution in [2.75, 3.05) is 0 Å². The highest BCUT2D eigenvalue weighted by molar-refractivity contribution is 7.86. The standard InChI is InChI=1S/C16H17NO2S/c18-16(8-13-5-6-14(9-16)20(13)19)12-7-11-3-1-2-4-15(11)17-10-12/h1-4,7,10,13-14,18H,5-6,8-9H2. The highest BCUT2D eigenvalue weighted by Gasteiger charge is 2.48. The molecule has 2 aliphatic heterocycles. The van der Waals surface area contributed by atoms with Gasteiger partial charge in [0.05, 0.1) is 11.1 Å². The Labute approximate surface area is 120 Å². The van der Waals surface area contributed by atoms with Crippen LogP contribution in [0.4, 0.5) is 0 Å². The molecular formula is C16H17NO2S. The van der Waals surface area contributed by atoms with Gasteiger partial charge in [-0.3, -0.25) is 9.19 Å². The van der Waals surface area contributed by atoms with Gasteiger partial charge in [-0.15, -0.1) is 0 Å². The zero-order valence-electron chi connectivity index (χ0n) is 11.2. The molecule has 2 saturated heterocycles. The van der Waals surface area contributed by atoms with Crippen LogP contribution in [0.25, 0.3) is 10.9 Å². The molecule has 2 atom stereocenters. The summed E-state index contributed by atoms with van der Waals surface area (Å²) >= 11 is 0. The molecule has 2 fully saturated rings. The quantitative estimate of drug-likeness (QED) is 0.876. The Balaban J connectivity index is 1.76. The third-order valence-electron chi connectivity index (χ3n) is 4.73. The van der Waals surface area contributed by atoms with Gasteiger partial charge in [-0.1, -0.05) is 18.2 Å². The van der Waals surface area contributed by atoms with E-state index < -0.39 is 16.4 Å². The van der Waals surface area contributed by atoms with E-state index in [1.165, 1.54) is 0 Å². The molecular weight excluding hydrogens is 270 g/mol. The second-order valence-electron chi connectivity index (χ2n) is 6.01. The molecule has 2 bridgehead atoms. The Morgan fingerprint density at radius 2 is 1.90 bits per heavy atom. The van der Waals surface area contributed by atoms with Gasteiger partial charge in [0.1, 0.15) is 0 Å². The summed E-state index contributed by atoms with van der Waals surface area (Å²) in [5, 5.41) is 12.4. The number of hydrogen-bond donors (Lipinski definition) is 1. The lowest BCUT2D eigenvalue weighted by Gasteiger charge is -2.36. The number of nitrogens with zero attached hydrogens (tertiary/aromatic N) is 1. The van der Waals surface area contributed by atoms with E-state index in [9.17, 15) is 9.32 Å². The fraction of sp³-hybridized carbons (Fsp3) is 0.438. The van der Waals surface area contributed by atoms with Crippen molar-refractivity contribution in [3.8, 4) is 0 Å². The Hall–Kier alpha value is -1.26. The Morgan fingerprint density at radius 3 is 2.65 bits per heavy atom. The molecule has 0 amide bonds. The van der Waals surface area contributed by atoms with Crippen LogP contribution in [0.3, 0.4) is 0 Å². The van der Waals surface area contributed by atoms with Crippen LogP contribution in [0.2, 0.25) is 0 Å². The number of hydrogen-bond acceptors (Lipinski definition) is 3. The van der Waals surface area contributed by atoms with E-state index in [2.05, 4.69) is 4.98 Å². The zero-order valence-corrected chi connectivity index (χ0v) is 12.0. The first-order chi connectivity index (χ1) is 9.66. The number of aromatic nitrogens is 1. The first-order valence-electron chi connectivity index (χ1n) is 7.13. The van der Waals surface area contributed by atoms with Crippen molar-refractivity contribution in [3.63, 3.8) is 0 Å². The monoisotopic (exact) mass is 287 g/mol. The van der Waals surface area contributed by atoms with Crippen LogP contribution in [-0.2, 0) is 16.4 Å². The van der Waals surface area contributed by atoms with Gasteiger partial charge in [0.2, 0.25) is 0 Å². The molecule has 1 aromatic carbocycles. The number of pyridine rings is 1. The molecule has 1 N–H and O–H groups in total. The highest BCUT2D eigenvalue weighted by atomic mass is 32.2. The van der Waals surface area contributed by atoms with Crippen LogP contribution in [0.1, 0.15) is 31.2 Å². The van der Waals surface area contributed by atoms with Crippen molar-refractivity contribution >= 4 is 21.7 Å². The van der Waals surface area contributed by atoms with Crippen molar-refractivity contribution in [2.24, 2.45) is 0 Å². The molecule has 0 aliphatic carbocycles. The number of aliphatic hydroxyl groups is 1. The lowest BCUT2D eigenvalue weighted by Crippen LogP contribution is -2.40. The predicted molar refractivity (Wildman–Crippen MR) is 79.8 cm³/mol. The molecule has 1 aromatic heterocycles. The maximum absolute atomic E-state index is 12.1. The zero-order chi connectivity index (χ0) is 13.7. The van der Waals surface area contributed by atoms with Crippen molar-refractivity contribution in [2.45, 2.75) is 41.8 Å². The summed E-state index contributed by atoms with van der Waals surface area (Å²) in [6, 6.07) is 9.98. The van der Waals surface area contributed by atoms with Crippen LogP contribution in [0, 0.1) is 0 Å². The summed E-state index contributed by atoms with van der Waals surface area (Å²) in [4.78, 5) is 4.46. The Kier molecular flexibility index (Phi) is 2.72. The molecule has 0 radical (unpaired) electrons. The number of fused-ring (bicyclic) bond motifs is 3. The number of rotatable bonds is 1. The third kappa shape index (κ3) is 1.82. The molecule has 2 aromatic rings. The summed E-state index contributed by atoms with van der Waals surface area (Å²) in [6.45, 7) is 0. The molecule has 104 valence electrons. The van der Waals surface area contributed by atoms with Gasteiger partial charge in [-0.2, -0.15) is 0 Å². The SMILES string of the molecule is O=S1C2CCC1CC(O)(c1cnc3ccccc3c1)C2. The highest BCUT2D eigenvalue weighted by Crippen LogP contribution is 2.45. The predicted octanol–water partition coefficient (Wildman–Crippen LogP) is 2.50. The van der Waals surface area contributed by atoms with Crippen LogP contribution in [0.5, 0.6) is 0 Å². The molecule has 4 rings (SSSR count). The summed E-state index contributed by atoms with van der Waals surface area (Å²) in [5.41, 5.74) is 0.976. The van der Waals surface area contributed by atoms with Crippen molar-refractivity contribution < 1.29 is 9.32 Å². The van der Waals surface area contributed by atoms with Gasteiger partial charge in [0.15, 0.2) is 0 Å².